The maximum Gasteiger partial charge on any atom is 0.132 e. The van der Waals surface area contributed by atoms with Crippen molar-refractivity contribution in [2.24, 2.45) is 0 Å². The average molecular weight is 333 g/mol. The van der Waals surface area contributed by atoms with Crippen molar-refractivity contribution in [3.05, 3.63) is 90.0 Å². The zero-order chi connectivity index (χ0) is 17.5. The number of aliphatic hydroxyl groups excluding tert-OH is 1. The lowest BCUT2D eigenvalue weighted by Gasteiger charge is -2.21. The van der Waals surface area contributed by atoms with Crippen LogP contribution in [0.15, 0.2) is 78.9 Å². The Morgan fingerprint density at radius 3 is 2.20 bits per heavy atom. The van der Waals surface area contributed by atoms with E-state index in [9.17, 15) is 5.11 Å². The zero-order valence-electron chi connectivity index (χ0n) is 14.4. The summed E-state index contributed by atoms with van der Waals surface area (Å²) in [5.74, 6) is 0.811. The molecule has 1 unspecified atom stereocenters. The van der Waals surface area contributed by atoms with Crippen LogP contribution >= 0.6 is 0 Å². The van der Waals surface area contributed by atoms with Crippen molar-refractivity contribution in [3.8, 4) is 16.9 Å². The number of rotatable bonds is 7. The third-order valence-electron chi connectivity index (χ3n) is 4.26. The van der Waals surface area contributed by atoms with Crippen LogP contribution in [0, 0.1) is 0 Å². The van der Waals surface area contributed by atoms with Crippen LogP contribution in [0.2, 0.25) is 0 Å². The van der Waals surface area contributed by atoms with Gasteiger partial charge in [0.1, 0.15) is 12.4 Å². The molecule has 2 N–H and O–H groups in total. The van der Waals surface area contributed by atoms with Crippen LogP contribution in [0.25, 0.3) is 11.1 Å². The van der Waals surface area contributed by atoms with E-state index in [1.54, 1.807) is 0 Å². The van der Waals surface area contributed by atoms with Gasteiger partial charge in [-0.1, -0.05) is 78.9 Å². The van der Waals surface area contributed by atoms with Gasteiger partial charge in [0.15, 0.2) is 0 Å². The Morgan fingerprint density at radius 2 is 1.56 bits per heavy atom. The highest BCUT2D eigenvalue weighted by atomic mass is 16.5. The molecule has 3 heteroatoms. The summed E-state index contributed by atoms with van der Waals surface area (Å²) in [6.45, 7) is 0.496. The van der Waals surface area contributed by atoms with Gasteiger partial charge in [-0.05, 0) is 18.2 Å². The number of benzene rings is 3. The maximum atomic E-state index is 9.73. The summed E-state index contributed by atoms with van der Waals surface area (Å²) in [7, 11) is 1.84. The van der Waals surface area contributed by atoms with Crippen LogP contribution in [-0.2, 0) is 6.61 Å². The molecule has 0 aliphatic rings. The van der Waals surface area contributed by atoms with Crippen LogP contribution in [-0.4, -0.2) is 18.8 Å². The first-order chi connectivity index (χ1) is 12.3. The van der Waals surface area contributed by atoms with Gasteiger partial charge in [0.2, 0.25) is 0 Å². The Bertz CT molecular complexity index is 784. The van der Waals surface area contributed by atoms with Gasteiger partial charge in [0.25, 0.3) is 0 Å². The van der Waals surface area contributed by atoms with E-state index in [1.165, 1.54) is 0 Å². The van der Waals surface area contributed by atoms with Gasteiger partial charge in [-0.25, -0.2) is 0 Å². The third kappa shape index (κ3) is 4.08. The molecule has 25 heavy (non-hydrogen) atoms. The molecule has 3 nitrogen and oxygen atoms in total. The molecular weight excluding hydrogens is 310 g/mol. The molecule has 0 aliphatic heterocycles. The summed E-state index contributed by atoms with van der Waals surface area (Å²) in [6, 6.07) is 26.2. The second-order valence-corrected chi connectivity index (χ2v) is 5.89. The molecule has 0 heterocycles. The molecule has 0 radical (unpaired) electrons. The van der Waals surface area contributed by atoms with Gasteiger partial charge in [0.05, 0.1) is 12.6 Å². The van der Waals surface area contributed by atoms with Crippen LogP contribution in [0.1, 0.15) is 17.2 Å². The number of ether oxygens (including phenoxy) is 1. The van der Waals surface area contributed by atoms with Crippen molar-refractivity contribution in [1.82, 2.24) is 5.32 Å². The number of likely N-dealkylation sites (N-methyl/N-ethyl adjacent to an activating group) is 1. The normalized spacial score (nSPS) is 11.9. The molecule has 3 aromatic carbocycles. The highest BCUT2D eigenvalue weighted by molar-refractivity contribution is 5.72. The molecule has 0 saturated carbocycles. The van der Waals surface area contributed by atoms with Gasteiger partial charge in [-0.2, -0.15) is 0 Å². The molecule has 0 aliphatic carbocycles. The molecule has 3 rings (SSSR count). The van der Waals surface area contributed by atoms with E-state index in [0.29, 0.717) is 6.61 Å². The van der Waals surface area contributed by atoms with Crippen molar-refractivity contribution in [3.63, 3.8) is 0 Å². The molecule has 128 valence electrons. The largest absolute Gasteiger partial charge is 0.488 e. The van der Waals surface area contributed by atoms with Crippen molar-refractivity contribution in [2.75, 3.05) is 13.7 Å². The topological polar surface area (TPSA) is 41.5 Å². The molecule has 0 fully saturated rings. The number of aliphatic hydroxyl groups is 1. The van der Waals surface area contributed by atoms with E-state index in [4.69, 9.17) is 4.74 Å². The first-order valence-electron chi connectivity index (χ1n) is 8.46. The Morgan fingerprint density at radius 1 is 0.880 bits per heavy atom. The molecule has 3 aromatic rings. The molecule has 0 spiro atoms. The van der Waals surface area contributed by atoms with E-state index in [0.717, 1.165) is 28.0 Å². The average Bonchev–Trinajstić information content (AvgIpc) is 2.69. The zero-order valence-corrected chi connectivity index (χ0v) is 14.4. The number of hydrogen-bond acceptors (Lipinski definition) is 3. The summed E-state index contributed by atoms with van der Waals surface area (Å²) < 4.78 is 6.24. The van der Waals surface area contributed by atoms with Gasteiger partial charge < -0.3 is 15.2 Å². The van der Waals surface area contributed by atoms with Gasteiger partial charge in [0, 0.05) is 11.1 Å². The standard InChI is InChI=1S/C22H23NO2/c1-23-21(15-24)20-14-8-13-19(18-11-6-3-7-12-18)22(20)25-16-17-9-4-2-5-10-17/h2-14,21,23-24H,15-16H2,1H3. The highest BCUT2D eigenvalue weighted by Gasteiger charge is 2.18. The van der Waals surface area contributed by atoms with Crippen molar-refractivity contribution in [2.45, 2.75) is 12.6 Å². The monoisotopic (exact) mass is 333 g/mol. The Labute approximate surface area is 148 Å². The minimum Gasteiger partial charge on any atom is -0.488 e. The van der Waals surface area contributed by atoms with E-state index < -0.39 is 0 Å². The van der Waals surface area contributed by atoms with E-state index in [2.05, 4.69) is 23.5 Å². The SMILES string of the molecule is CNC(CO)c1cccc(-c2ccccc2)c1OCc1ccccc1. The fourth-order valence-corrected chi connectivity index (χ4v) is 2.91. The first-order valence-corrected chi connectivity index (χ1v) is 8.46. The van der Waals surface area contributed by atoms with Crippen LogP contribution in [0.5, 0.6) is 5.75 Å². The number of para-hydroxylation sites is 1. The van der Waals surface area contributed by atoms with Crippen molar-refractivity contribution in [1.29, 1.82) is 0 Å². The summed E-state index contributed by atoms with van der Waals surface area (Å²) in [5, 5.41) is 12.9. The molecule has 1 atom stereocenters. The van der Waals surface area contributed by atoms with Crippen molar-refractivity contribution < 1.29 is 9.84 Å². The second-order valence-electron chi connectivity index (χ2n) is 5.89. The van der Waals surface area contributed by atoms with Gasteiger partial charge in [-0.3, -0.25) is 0 Å². The summed E-state index contributed by atoms with van der Waals surface area (Å²) in [6.07, 6.45) is 0. The maximum absolute atomic E-state index is 9.73. The second kappa shape index (κ2) is 8.47. The molecular formula is C22H23NO2. The summed E-state index contributed by atoms with van der Waals surface area (Å²) in [5.41, 5.74) is 4.20. The molecule has 0 amide bonds. The van der Waals surface area contributed by atoms with Crippen LogP contribution in [0.3, 0.4) is 0 Å². The van der Waals surface area contributed by atoms with E-state index >= 15 is 0 Å². The predicted molar refractivity (Wildman–Crippen MR) is 102 cm³/mol. The lowest BCUT2D eigenvalue weighted by molar-refractivity contribution is 0.242. The fourth-order valence-electron chi connectivity index (χ4n) is 2.91. The molecule has 0 bridgehead atoms. The van der Waals surface area contributed by atoms with Crippen LogP contribution in [0.4, 0.5) is 0 Å². The number of hydrogen-bond donors (Lipinski definition) is 2. The Hall–Kier alpha value is -2.62. The minimum absolute atomic E-state index is 0.0104. The van der Waals surface area contributed by atoms with E-state index in [-0.39, 0.29) is 12.6 Å². The number of nitrogens with one attached hydrogen (secondary N) is 1. The smallest absolute Gasteiger partial charge is 0.132 e. The lowest BCUT2D eigenvalue weighted by Crippen LogP contribution is -2.21. The van der Waals surface area contributed by atoms with Gasteiger partial charge in [-0.15, -0.1) is 0 Å². The molecule has 0 aromatic heterocycles. The first kappa shape index (κ1) is 17.2. The van der Waals surface area contributed by atoms with E-state index in [1.807, 2.05) is 67.7 Å². The van der Waals surface area contributed by atoms with Gasteiger partial charge >= 0.3 is 0 Å². The quantitative estimate of drug-likeness (QED) is 0.681. The summed E-state index contributed by atoms with van der Waals surface area (Å²) in [4.78, 5) is 0. The minimum atomic E-state index is -0.172. The third-order valence-corrected chi connectivity index (χ3v) is 4.26. The Balaban J connectivity index is 2.01. The summed E-state index contributed by atoms with van der Waals surface area (Å²) >= 11 is 0. The van der Waals surface area contributed by atoms with Crippen molar-refractivity contribution >= 4 is 0 Å². The highest BCUT2D eigenvalue weighted by Crippen LogP contribution is 2.36. The predicted octanol–water partition coefficient (Wildman–Crippen LogP) is 4.19. The molecule has 0 saturated heterocycles. The fraction of sp³-hybridized carbons (Fsp3) is 0.182. The Kier molecular flexibility index (Phi) is 5.83. The van der Waals surface area contributed by atoms with Crippen LogP contribution < -0.4 is 10.1 Å². The lowest BCUT2D eigenvalue weighted by atomic mass is 9.97.